The molecule has 2 aromatic rings. The maximum Gasteiger partial charge on any atom is 0.342 e. The van der Waals surface area contributed by atoms with E-state index in [0.29, 0.717) is 29.5 Å². The summed E-state index contributed by atoms with van der Waals surface area (Å²) < 4.78 is 5.10. The minimum absolute atomic E-state index is 0.333. The Hall–Kier alpha value is -2.10. The first-order valence-corrected chi connectivity index (χ1v) is 6.99. The lowest BCUT2D eigenvalue weighted by atomic mass is 9.99. The standard InChI is InChI=1S/C16H18N2O2/c1-3-20-16(19)13-9(2)18-12-6-4-5-11(10-7-8-10)14(12)15(13)17/h4-6,10H,3,7-8H2,1-2H3,(H2,17,18). The van der Waals surface area contributed by atoms with Crippen molar-refractivity contribution in [2.45, 2.75) is 32.6 Å². The second-order valence-corrected chi connectivity index (χ2v) is 5.22. The van der Waals surface area contributed by atoms with Crippen LogP contribution in [0.2, 0.25) is 0 Å². The number of fused-ring (bicyclic) bond motifs is 1. The van der Waals surface area contributed by atoms with Crippen LogP contribution in [0, 0.1) is 6.92 Å². The summed E-state index contributed by atoms with van der Waals surface area (Å²) in [6, 6.07) is 6.04. The van der Waals surface area contributed by atoms with E-state index >= 15 is 0 Å². The lowest BCUT2D eigenvalue weighted by Crippen LogP contribution is -2.12. The number of hydrogen-bond acceptors (Lipinski definition) is 4. The molecule has 1 aliphatic rings. The molecule has 0 aliphatic heterocycles. The Kier molecular flexibility index (Phi) is 3.08. The van der Waals surface area contributed by atoms with Crippen molar-refractivity contribution in [3.8, 4) is 0 Å². The summed E-state index contributed by atoms with van der Waals surface area (Å²) in [4.78, 5) is 16.6. The lowest BCUT2D eigenvalue weighted by molar-refractivity contribution is 0.0526. The van der Waals surface area contributed by atoms with Crippen molar-refractivity contribution in [2.24, 2.45) is 0 Å². The second-order valence-electron chi connectivity index (χ2n) is 5.22. The minimum atomic E-state index is -0.387. The molecule has 4 nitrogen and oxygen atoms in total. The Morgan fingerprint density at radius 1 is 1.45 bits per heavy atom. The zero-order chi connectivity index (χ0) is 14.3. The molecule has 1 saturated carbocycles. The number of carbonyl (C=O) groups excluding carboxylic acids is 1. The van der Waals surface area contributed by atoms with Gasteiger partial charge in [0.05, 0.1) is 23.5 Å². The zero-order valence-electron chi connectivity index (χ0n) is 11.8. The number of anilines is 1. The van der Waals surface area contributed by atoms with Crippen LogP contribution >= 0.6 is 0 Å². The van der Waals surface area contributed by atoms with Crippen LogP contribution in [0.1, 0.15) is 47.3 Å². The predicted molar refractivity (Wildman–Crippen MR) is 78.8 cm³/mol. The number of aryl methyl sites for hydroxylation is 1. The molecule has 0 amide bonds. The summed E-state index contributed by atoms with van der Waals surface area (Å²) >= 11 is 0. The van der Waals surface area contributed by atoms with Gasteiger partial charge >= 0.3 is 5.97 Å². The van der Waals surface area contributed by atoms with Gasteiger partial charge in [0.15, 0.2) is 0 Å². The maximum atomic E-state index is 12.1. The van der Waals surface area contributed by atoms with Gasteiger partial charge in [0, 0.05) is 5.39 Å². The fourth-order valence-electron chi connectivity index (χ4n) is 2.70. The normalized spacial score (nSPS) is 14.5. The van der Waals surface area contributed by atoms with E-state index < -0.39 is 0 Å². The molecule has 1 aromatic heterocycles. The first kappa shape index (κ1) is 12.9. The smallest absolute Gasteiger partial charge is 0.342 e. The van der Waals surface area contributed by atoms with Gasteiger partial charge in [-0.2, -0.15) is 0 Å². The van der Waals surface area contributed by atoms with Crippen LogP contribution in [0.3, 0.4) is 0 Å². The third-order valence-electron chi connectivity index (χ3n) is 3.76. The number of rotatable bonds is 3. The van der Waals surface area contributed by atoms with Gasteiger partial charge in [-0.1, -0.05) is 12.1 Å². The summed E-state index contributed by atoms with van der Waals surface area (Å²) in [5.74, 6) is 0.169. The van der Waals surface area contributed by atoms with Crippen LogP contribution in [0.25, 0.3) is 10.9 Å². The van der Waals surface area contributed by atoms with Crippen LogP contribution in [0.4, 0.5) is 5.69 Å². The van der Waals surface area contributed by atoms with Crippen LogP contribution < -0.4 is 5.73 Å². The maximum absolute atomic E-state index is 12.1. The molecule has 1 aromatic carbocycles. The zero-order valence-corrected chi connectivity index (χ0v) is 11.8. The van der Waals surface area contributed by atoms with Gasteiger partial charge in [0.25, 0.3) is 0 Å². The quantitative estimate of drug-likeness (QED) is 0.870. The van der Waals surface area contributed by atoms with Crippen molar-refractivity contribution < 1.29 is 9.53 Å². The van der Waals surface area contributed by atoms with Crippen molar-refractivity contribution in [3.63, 3.8) is 0 Å². The molecule has 20 heavy (non-hydrogen) atoms. The number of esters is 1. The molecule has 2 N–H and O–H groups in total. The highest BCUT2D eigenvalue weighted by atomic mass is 16.5. The number of hydrogen-bond donors (Lipinski definition) is 1. The summed E-state index contributed by atoms with van der Waals surface area (Å²) in [6.45, 7) is 3.92. The molecule has 0 bridgehead atoms. The highest BCUT2D eigenvalue weighted by molar-refractivity contribution is 6.06. The summed E-state index contributed by atoms with van der Waals surface area (Å²) in [6.07, 6.45) is 2.36. The van der Waals surface area contributed by atoms with Gasteiger partial charge in [0.1, 0.15) is 5.56 Å². The first-order chi connectivity index (χ1) is 9.63. The van der Waals surface area contributed by atoms with Crippen LogP contribution in [-0.4, -0.2) is 17.6 Å². The van der Waals surface area contributed by atoms with E-state index in [0.717, 1.165) is 10.9 Å². The van der Waals surface area contributed by atoms with Crippen molar-refractivity contribution >= 4 is 22.6 Å². The van der Waals surface area contributed by atoms with Crippen molar-refractivity contribution in [2.75, 3.05) is 12.3 Å². The number of benzene rings is 1. The number of pyridine rings is 1. The van der Waals surface area contributed by atoms with Gasteiger partial charge < -0.3 is 10.5 Å². The SMILES string of the molecule is CCOC(=O)c1c(C)nc2cccc(C3CC3)c2c1N. The summed E-state index contributed by atoms with van der Waals surface area (Å²) in [7, 11) is 0. The van der Waals surface area contributed by atoms with Crippen LogP contribution in [-0.2, 0) is 4.74 Å². The van der Waals surface area contributed by atoms with E-state index in [4.69, 9.17) is 10.5 Å². The van der Waals surface area contributed by atoms with E-state index in [9.17, 15) is 4.79 Å². The molecule has 1 heterocycles. The summed E-state index contributed by atoms with van der Waals surface area (Å²) in [5, 5.41) is 0.920. The van der Waals surface area contributed by atoms with E-state index in [2.05, 4.69) is 11.1 Å². The van der Waals surface area contributed by atoms with E-state index in [1.165, 1.54) is 18.4 Å². The Balaban J connectivity index is 2.26. The fraction of sp³-hybridized carbons (Fsp3) is 0.375. The third-order valence-corrected chi connectivity index (χ3v) is 3.76. The average molecular weight is 270 g/mol. The number of aromatic nitrogens is 1. The minimum Gasteiger partial charge on any atom is -0.462 e. The molecule has 0 unspecified atom stereocenters. The Bertz CT molecular complexity index is 690. The number of nitrogens with zero attached hydrogens (tertiary/aromatic N) is 1. The Labute approximate surface area is 117 Å². The number of carbonyl (C=O) groups is 1. The van der Waals surface area contributed by atoms with Crippen LogP contribution in [0.15, 0.2) is 18.2 Å². The highest BCUT2D eigenvalue weighted by Gasteiger charge is 2.28. The fourth-order valence-corrected chi connectivity index (χ4v) is 2.70. The highest BCUT2D eigenvalue weighted by Crippen LogP contribution is 2.44. The molecule has 3 rings (SSSR count). The largest absolute Gasteiger partial charge is 0.462 e. The lowest BCUT2D eigenvalue weighted by Gasteiger charge is -2.13. The average Bonchev–Trinajstić information content (AvgIpc) is 3.22. The number of nitrogen functional groups attached to an aromatic ring is 1. The Morgan fingerprint density at radius 3 is 2.85 bits per heavy atom. The Morgan fingerprint density at radius 2 is 2.20 bits per heavy atom. The molecular formula is C16H18N2O2. The number of ether oxygens (including phenoxy) is 1. The second kappa shape index (κ2) is 4.78. The molecule has 4 heteroatoms. The van der Waals surface area contributed by atoms with Crippen LogP contribution in [0.5, 0.6) is 0 Å². The number of nitrogens with two attached hydrogens (primary N) is 1. The van der Waals surface area contributed by atoms with Gasteiger partial charge in [-0.25, -0.2) is 4.79 Å². The van der Waals surface area contributed by atoms with Gasteiger partial charge in [-0.15, -0.1) is 0 Å². The molecule has 0 saturated heterocycles. The molecule has 1 aliphatic carbocycles. The monoisotopic (exact) mass is 270 g/mol. The molecule has 0 spiro atoms. The molecule has 0 atom stereocenters. The summed E-state index contributed by atoms with van der Waals surface area (Å²) in [5.41, 5.74) is 9.89. The van der Waals surface area contributed by atoms with E-state index in [1.807, 2.05) is 12.1 Å². The van der Waals surface area contributed by atoms with E-state index in [-0.39, 0.29) is 5.97 Å². The molecular weight excluding hydrogens is 252 g/mol. The van der Waals surface area contributed by atoms with Crippen molar-refractivity contribution in [1.29, 1.82) is 0 Å². The third kappa shape index (κ3) is 2.01. The van der Waals surface area contributed by atoms with Crippen molar-refractivity contribution in [1.82, 2.24) is 4.98 Å². The molecule has 1 fully saturated rings. The molecule has 104 valence electrons. The van der Waals surface area contributed by atoms with Gasteiger partial charge in [-0.3, -0.25) is 4.98 Å². The molecule has 0 radical (unpaired) electrons. The predicted octanol–water partition coefficient (Wildman–Crippen LogP) is 3.18. The van der Waals surface area contributed by atoms with E-state index in [1.54, 1.807) is 13.8 Å². The first-order valence-electron chi connectivity index (χ1n) is 6.99. The topological polar surface area (TPSA) is 65.2 Å². The van der Waals surface area contributed by atoms with Crippen molar-refractivity contribution in [3.05, 3.63) is 35.0 Å². The van der Waals surface area contributed by atoms with Gasteiger partial charge in [0.2, 0.25) is 0 Å². The van der Waals surface area contributed by atoms with Gasteiger partial charge in [-0.05, 0) is 44.2 Å².